The summed E-state index contributed by atoms with van der Waals surface area (Å²) in [7, 11) is 1.88. The van der Waals surface area contributed by atoms with Gasteiger partial charge in [0.15, 0.2) is 0 Å². The monoisotopic (exact) mass is 334 g/mol. The van der Waals surface area contributed by atoms with E-state index in [2.05, 4.69) is 56.4 Å². The minimum atomic E-state index is 0.804. The maximum atomic E-state index is 4.58. The first kappa shape index (κ1) is 14.8. The number of aromatic nitrogens is 2. The van der Waals surface area contributed by atoms with Crippen molar-refractivity contribution in [1.29, 1.82) is 0 Å². The summed E-state index contributed by atoms with van der Waals surface area (Å²) in [5, 5.41) is 6.51. The molecule has 0 saturated carbocycles. The van der Waals surface area contributed by atoms with Crippen molar-refractivity contribution in [3.05, 3.63) is 39.6 Å². The number of anilines is 3. The van der Waals surface area contributed by atoms with Crippen LogP contribution in [0.5, 0.6) is 0 Å². The Hall–Kier alpha value is -1.62. The Labute approximate surface area is 128 Å². The molecule has 0 atom stereocenters. The third-order valence-corrected chi connectivity index (χ3v) is 4.24. The molecule has 2 N–H and O–H groups in total. The van der Waals surface area contributed by atoms with E-state index in [-0.39, 0.29) is 0 Å². The number of hydrogen-bond acceptors (Lipinski definition) is 4. The normalized spacial score (nSPS) is 10.4. The Morgan fingerprint density at radius 1 is 1.15 bits per heavy atom. The van der Waals surface area contributed by atoms with Crippen LogP contribution in [0, 0.1) is 13.8 Å². The summed E-state index contributed by atoms with van der Waals surface area (Å²) in [5.41, 5.74) is 3.21. The van der Waals surface area contributed by atoms with Crippen LogP contribution < -0.4 is 10.6 Å². The molecule has 0 unspecified atom stereocenters. The number of nitrogens with zero attached hydrogens (tertiary/aromatic N) is 2. The zero-order valence-corrected chi connectivity index (χ0v) is 13.8. The third kappa shape index (κ3) is 2.93. The zero-order chi connectivity index (χ0) is 14.7. The van der Waals surface area contributed by atoms with Crippen molar-refractivity contribution in [2.75, 3.05) is 17.7 Å². The zero-order valence-electron chi connectivity index (χ0n) is 12.2. The van der Waals surface area contributed by atoms with Gasteiger partial charge in [-0.3, -0.25) is 0 Å². The standard InChI is InChI=1S/C15H19BrN4/c1-5-12-19-14(17-4)10(3)15(20-12)18-11-8-6-7-9(2)13(11)16/h6-8H,5H2,1-4H3,(H2,17,18,19,20). The molecule has 4 nitrogen and oxygen atoms in total. The molecule has 0 spiro atoms. The second kappa shape index (κ2) is 6.22. The van der Waals surface area contributed by atoms with Crippen LogP contribution in [0.1, 0.15) is 23.9 Å². The van der Waals surface area contributed by atoms with E-state index in [1.54, 1.807) is 0 Å². The fourth-order valence-electron chi connectivity index (χ4n) is 1.96. The van der Waals surface area contributed by atoms with Crippen molar-refractivity contribution in [2.45, 2.75) is 27.2 Å². The molecule has 20 heavy (non-hydrogen) atoms. The van der Waals surface area contributed by atoms with Crippen molar-refractivity contribution in [2.24, 2.45) is 0 Å². The highest BCUT2D eigenvalue weighted by atomic mass is 79.9. The average Bonchev–Trinajstić information content (AvgIpc) is 2.45. The largest absolute Gasteiger partial charge is 0.373 e. The van der Waals surface area contributed by atoms with Gasteiger partial charge in [0.05, 0.1) is 5.69 Å². The van der Waals surface area contributed by atoms with Crippen molar-refractivity contribution in [3.63, 3.8) is 0 Å². The van der Waals surface area contributed by atoms with E-state index >= 15 is 0 Å². The van der Waals surface area contributed by atoms with Gasteiger partial charge in [-0.15, -0.1) is 0 Å². The van der Waals surface area contributed by atoms with E-state index < -0.39 is 0 Å². The van der Waals surface area contributed by atoms with Gasteiger partial charge < -0.3 is 10.6 Å². The number of aryl methyl sites for hydroxylation is 2. The first-order valence-electron chi connectivity index (χ1n) is 6.64. The quantitative estimate of drug-likeness (QED) is 0.879. The van der Waals surface area contributed by atoms with Crippen molar-refractivity contribution in [1.82, 2.24) is 9.97 Å². The van der Waals surface area contributed by atoms with E-state index in [1.807, 2.05) is 26.1 Å². The topological polar surface area (TPSA) is 49.8 Å². The summed E-state index contributed by atoms with van der Waals surface area (Å²) >= 11 is 3.61. The summed E-state index contributed by atoms with van der Waals surface area (Å²) in [6.07, 6.45) is 0.804. The van der Waals surface area contributed by atoms with E-state index in [0.717, 1.165) is 39.6 Å². The maximum Gasteiger partial charge on any atom is 0.139 e. The predicted molar refractivity (Wildman–Crippen MR) is 87.9 cm³/mol. The molecule has 0 aliphatic rings. The summed E-state index contributed by atoms with van der Waals surface area (Å²) < 4.78 is 1.06. The van der Waals surface area contributed by atoms with Crippen LogP contribution >= 0.6 is 15.9 Å². The summed E-state index contributed by atoms with van der Waals surface area (Å²) in [5.74, 6) is 2.53. The van der Waals surface area contributed by atoms with Crippen molar-refractivity contribution in [3.8, 4) is 0 Å². The lowest BCUT2D eigenvalue weighted by molar-refractivity contribution is 0.935. The van der Waals surface area contributed by atoms with Gasteiger partial charge in [0.1, 0.15) is 17.5 Å². The van der Waals surface area contributed by atoms with Gasteiger partial charge in [0.25, 0.3) is 0 Å². The SMILES string of the molecule is CCc1nc(NC)c(C)c(Nc2cccc(C)c2Br)n1. The Morgan fingerprint density at radius 3 is 2.50 bits per heavy atom. The van der Waals surface area contributed by atoms with Gasteiger partial charge >= 0.3 is 0 Å². The van der Waals surface area contributed by atoms with Gasteiger partial charge in [-0.2, -0.15) is 0 Å². The molecule has 2 rings (SSSR count). The summed E-state index contributed by atoms with van der Waals surface area (Å²) in [6.45, 7) is 6.13. The molecule has 1 aromatic heterocycles. The van der Waals surface area contributed by atoms with Crippen LogP contribution in [0.15, 0.2) is 22.7 Å². The third-order valence-electron chi connectivity index (χ3n) is 3.19. The Morgan fingerprint density at radius 2 is 1.85 bits per heavy atom. The van der Waals surface area contributed by atoms with Gasteiger partial charge in [-0.05, 0) is 41.4 Å². The second-order valence-corrected chi connectivity index (χ2v) is 5.42. The van der Waals surface area contributed by atoms with E-state index in [4.69, 9.17) is 0 Å². The Kier molecular flexibility index (Phi) is 4.60. The van der Waals surface area contributed by atoms with Crippen LogP contribution in [0.25, 0.3) is 0 Å². The molecule has 0 saturated heterocycles. The fourth-order valence-corrected chi connectivity index (χ4v) is 2.32. The van der Waals surface area contributed by atoms with E-state index in [0.29, 0.717) is 0 Å². The molecule has 0 aliphatic heterocycles. The smallest absolute Gasteiger partial charge is 0.139 e. The number of halogens is 1. The molecule has 0 amide bonds. The summed E-state index contributed by atoms with van der Waals surface area (Å²) in [6, 6.07) is 6.13. The molecule has 106 valence electrons. The molecule has 5 heteroatoms. The van der Waals surface area contributed by atoms with E-state index in [9.17, 15) is 0 Å². The first-order valence-corrected chi connectivity index (χ1v) is 7.43. The maximum absolute atomic E-state index is 4.58. The molecule has 2 aromatic rings. The van der Waals surface area contributed by atoms with Crippen molar-refractivity contribution < 1.29 is 0 Å². The minimum Gasteiger partial charge on any atom is -0.373 e. The van der Waals surface area contributed by atoms with Crippen LogP contribution in [0.2, 0.25) is 0 Å². The molecule has 1 heterocycles. The van der Waals surface area contributed by atoms with Crippen LogP contribution in [-0.2, 0) is 6.42 Å². The molecule has 0 fully saturated rings. The first-order chi connectivity index (χ1) is 9.56. The fraction of sp³-hybridized carbons (Fsp3) is 0.333. The lowest BCUT2D eigenvalue weighted by Gasteiger charge is -2.15. The van der Waals surface area contributed by atoms with Gasteiger partial charge in [-0.25, -0.2) is 9.97 Å². The van der Waals surface area contributed by atoms with Gasteiger partial charge in [0.2, 0.25) is 0 Å². The lowest BCUT2D eigenvalue weighted by Crippen LogP contribution is -2.07. The number of rotatable bonds is 4. The molecule has 0 aliphatic carbocycles. The Bertz CT molecular complexity index is 626. The molecule has 1 aromatic carbocycles. The van der Waals surface area contributed by atoms with Crippen molar-refractivity contribution >= 4 is 33.3 Å². The van der Waals surface area contributed by atoms with E-state index in [1.165, 1.54) is 5.56 Å². The minimum absolute atomic E-state index is 0.804. The number of nitrogens with one attached hydrogen (secondary N) is 2. The predicted octanol–water partition coefficient (Wildman–Crippen LogP) is 4.20. The highest BCUT2D eigenvalue weighted by molar-refractivity contribution is 9.10. The highest BCUT2D eigenvalue weighted by Crippen LogP contribution is 2.30. The van der Waals surface area contributed by atoms with Crippen LogP contribution in [0.4, 0.5) is 17.3 Å². The number of benzene rings is 1. The van der Waals surface area contributed by atoms with Crippen LogP contribution in [-0.4, -0.2) is 17.0 Å². The van der Waals surface area contributed by atoms with Gasteiger partial charge in [0, 0.05) is 23.5 Å². The molecule has 0 bridgehead atoms. The molecule has 0 radical (unpaired) electrons. The lowest BCUT2D eigenvalue weighted by atomic mass is 10.2. The van der Waals surface area contributed by atoms with Gasteiger partial charge in [-0.1, -0.05) is 19.1 Å². The Balaban J connectivity index is 2.45. The second-order valence-electron chi connectivity index (χ2n) is 4.63. The average molecular weight is 335 g/mol. The molecular weight excluding hydrogens is 316 g/mol. The number of hydrogen-bond donors (Lipinski definition) is 2. The van der Waals surface area contributed by atoms with Crippen LogP contribution in [0.3, 0.4) is 0 Å². The highest BCUT2D eigenvalue weighted by Gasteiger charge is 2.11. The molecular formula is C15H19BrN4. The summed E-state index contributed by atoms with van der Waals surface area (Å²) in [4.78, 5) is 9.06.